The molecule has 0 fully saturated rings. The first-order chi connectivity index (χ1) is 7.08. The van der Waals surface area contributed by atoms with Gasteiger partial charge in [-0.2, -0.15) is 12.6 Å². The number of hydrogen-bond donors (Lipinski definition) is 2. The largest absolute Gasteiger partial charge is 0.493 e. The minimum absolute atomic E-state index is 0.0767. The Bertz CT molecular complexity index is 385. The van der Waals surface area contributed by atoms with Gasteiger partial charge < -0.3 is 10.1 Å². The van der Waals surface area contributed by atoms with Gasteiger partial charge in [0.15, 0.2) is 5.75 Å². The first kappa shape index (κ1) is 12.5. The highest BCUT2D eigenvalue weighted by Crippen LogP contribution is 2.35. The maximum Gasteiger partial charge on any atom is 0.234 e. The van der Waals surface area contributed by atoms with Crippen molar-refractivity contribution in [2.75, 3.05) is 18.2 Å². The van der Waals surface area contributed by atoms with Gasteiger partial charge in [-0.25, -0.2) is 0 Å². The van der Waals surface area contributed by atoms with E-state index in [0.717, 1.165) is 0 Å². The van der Waals surface area contributed by atoms with Gasteiger partial charge in [0.2, 0.25) is 5.91 Å². The number of anilines is 1. The van der Waals surface area contributed by atoms with E-state index in [-0.39, 0.29) is 11.7 Å². The predicted octanol–water partition coefficient (Wildman–Crippen LogP) is 2.87. The average Bonchev–Trinajstić information content (AvgIpc) is 2.17. The molecule has 0 aliphatic heterocycles. The molecular weight excluding hydrogens is 257 g/mol. The quantitative estimate of drug-likeness (QED) is 0.825. The highest BCUT2D eigenvalue weighted by Gasteiger charge is 2.11. The topological polar surface area (TPSA) is 38.3 Å². The fourth-order valence-corrected chi connectivity index (χ4v) is 1.70. The number of carbonyl (C=O) groups is 1. The molecule has 0 bridgehead atoms. The van der Waals surface area contributed by atoms with Crippen LogP contribution in [0.3, 0.4) is 0 Å². The second-order valence-electron chi connectivity index (χ2n) is 2.67. The Morgan fingerprint density at radius 1 is 1.53 bits per heavy atom. The highest BCUT2D eigenvalue weighted by atomic mass is 35.5. The Morgan fingerprint density at radius 3 is 2.73 bits per heavy atom. The van der Waals surface area contributed by atoms with Gasteiger partial charge in [0, 0.05) is 5.02 Å². The lowest BCUT2D eigenvalue weighted by atomic mass is 10.3. The number of thiol groups is 1. The molecule has 82 valence electrons. The van der Waals surface area contributed by atoms with E-state index in [9.17, 15) is 4.79 Å². The number of nitrogens with one attached hydrogen (secondary N) is 1. The van der Waals surface area contributed by atoms with E-state index in [4.69, 9.17) is 27.9 Å². The van der Waals surface area contributed by atoms with Gasteiger partial charge in [-0.3, -0.25) is 4.79 Å². The first-order valence-corrected chi connectivity index (χ1v) is 5.41. The van der Waals surface area contributed by atoms with Crippen LogP contribution in [0.2, 0.25) is 10.0 Å². The molecule has 1 N–H and O–H groups in total. The second-order valence-corrected chi connectivity index (χ2v) is 3.83. The Labute approximate surface area is 103 Å². The summed E-state index contributed by atoms with van der Waals surface area (Å²) in [6.07, 6.45) is 0. The van der Waals surface area contributed by atoms with E-state index >= 15 is 0 Å². The van der Waals surface area contributed by atoms with Gasteiger partial charge >= 0.3 is 0 Å². The van der Waals surface area contributed by atoms with E-state index < -0.39 is 0 Å². The number of halogens is 2. The zero-order valence-electron chi connectivity index (χ0n) is 7.88. The predicted molar refractivity (Wildman–Crippen MR) is 65.5 cm³/mol. The Balaban J connectivity index is 3.09. The van der Waals surface area contributed by atoms with Crippen molar-refractivity contribution in [3.8, 4) is 5.75 Å². The monoisotopic (exact) mass is 265 g/mol. The molecule has 1 rings (SSSR count). The number of amides is 1. The van der Waals surface area contributed by atoms with Crippen LogP contribution in [-0.4, -0.2) is 18.8 Å². The van der Waals surface area contributed by atoms with Gasteiger partial charge in [-0.05, 0) is 12.1 Å². The minimum atomic E-state index is -0.255. The molecule has 1 aromatic carbocycles. The van der Waals surface area contributed by atoms with Crippen LogP contribution in [0.25, 0.3) is 0 Å². The molecule has 0 aromatic heterocycles. The number of hydrogen-bond acceptors (Lipinski definition) is 3. The number of ether oxygens (including phenoxy) is 1. The van der Waals surface area contributed by atoms with Crippen LogP contribution < -0.4 is 10.1 Å². The summed E-state index contributed by atoms with van der Waals surface area (Å²) in [4.78, 5) is 11.1. The molecule has 1 aromatic rings. The Kier molecular flexibility index (Phi) is 4.57. The summed E-state index contributed by atoms with van der Waals surface area (Å²) in [5, 5.41) is 3.36. The molecule has 0 spiro atoms. The molecule has 0 aliphatic carbocycles. The van der Waals surface area contributed by atoms with Crippen molar-refractivity contribution < 1.29 is 9.53 Å². The summed E-state index contributed by atoms with van der Waals surface area (Å²) >= 11 is 15.5. The number of rotatable bonds is 3. The zero-order valence-corrected chi connectivity index (χ0v) is 10.3. The maximum absolute atomic E-state index is 11.1. The van der Waals surface area contributed by atoms with Crippen molar-refractivity contribution in [3.05, 3.63) is 22.2 Å². The van der Waals surface area contributed by atoms with Crippen LogP contribution in [0, 0.1) is 0 Å². The number of methoxy groups -OCH3 is 1. The summed E-state index contributed by atoms with van der Waals surface area (Å²) < 4.78 is 5.05. The highest BCUT2D eigenvalue weighted by molar-refractivity contribution is 7.81. The first-order valence-electron chi connectivity index (χ1n) is 4.02. The molecule has 0 radical (unpaired) electrons. The van der Waals surface area contributed by atoms with Gasteiger partial charge in [0.25, 0.3) is 0 Å². The standard InChI is InChI=1S/C9H9Cl2NO2S/c1-14-9-6(11)2-5(10)3-7(9)12-8(13)4-15/h2-3,15H,4H2,1H3,(H,12,13). The van der Waals surface area contributed by atoms with Crippen LogP contribution in [-0.2, 0) is 4.79 Å². The normalized spacial score (nSPS) is 9.87. The van der Waals surface area contributed by atoms with E-state index in [1.54, 1.807) is 6.07 Å². The van der Waals surface area contributed by atoms with Crippen molar-refractivity contribution in [2.45, 2.75) is 0 Å². The summed E-state index contributed by atoms with van der Waals surface area (Å²) in [7, 11) is 1.46. The zero-order chi connectivity index (χ0) is 11.4. The lowest BCUT2D eigenvalue weighted by Crippen LogP contribution is -2.13. The van der Waals surface area contributed by atoms with Crippen molar-refractivity contribution >= 4 is 47.4 Å². The van der Waals surface area contributed by atoms with Crippen LogP contribution in [0.5, 0.6) is 5.75 Å². The molecule has 0 aliphatic rings. The van der Waals surface area contributed by atoms with Gasteiger partial charge in [0.05, 0.1) is 23.6 Å². The van der Waals surface area contributed by atoms with E-state index in [1.807, 2.05) is 0 Å². The summed E-state index contributed by atoms with van der Waals surface area (Å²) in [5.74, 6) is 0.207. The average molecular weight is 266 g/mol. The van der Waals surface area contributed by atoms with Gasteiger partial charge in [0.1, 0.15) is 0 Å². The summed E-state index contributed by atoms with van der Waals surface area (Å²) in [6, 6.07) is 3.10. The summed E-state index contributed by atoms with van der Waals surface area (Å²) in [6.45, 7) is 0. The van der Waals surface area contributed by atoms with E-state index in [2.05, 4.69) is 17.9 Å². The van der Waals surface area contributed by atoms with Crippen LogP contribution in [0.4, 0.5) is 5.69 Å². The number of benzene rings is 1. The number of carbonyl (C=O) groups excluding carboxylic acids is 1. The molecule has 0 heterocycles. The van der Waals surface area contributed by atoms with Crippen LogP contribution in [0.1, 0.15) is 0 Å². The Morgan fingerprint density at radius 2 is 2.20 bits per heavy atom. The van der Waals surface area contributed by atoms with E-state index in [0.29, 0.717) is 21.5 Å². The molecular formula is C9H9Cl2NO2S. The van der Waals surface area contributed by atoms with Crippen LogP contribution >= 0.6 is 35.8 Å². The molecule has 0 saturated carbocycles. The van der Waals surface area contributed by atoms with Gasteiger partial charge in [-0.1, -0.05) is 23.2 Å². The van der Waals surface area contributed by atoms with Crippen molar-refractivity contribution in [1.29, 1.82) is 0 Å². The second kappa shape index (κ2) is 5.49. The van der Waals surface area contributed by atoms with Crippen molar-refractivity contribution in [2.24, 2.45) is 0 Å². The fourth-order valence-electron chi connectivity index (χ4n) is 1.05. The smallest absolute Gasteiger partial charge is 0.234 e. The van der Waals surface area contributed by atoms with Crippen molar-refractivity contribution in [3.63, 3.8) is 0 Å². The Hall–Kier alpha value is -0.580. The molecule has 0 saturated heterocycles. The molecule has 3 nitrogen and oxygen atoms in total. The van der Waals surface area contributed by atoms with Crippen molar-refractivity contribution in [1.82, 2.24) is 0 Å². The van der Waals surface area contributed by atoms with E-state index in [1.165, 1.54) is 13.2 Å². The molecule has 0 unspecified atom stereocenters. The van der Waals surface area contributed by atoms with Gasteiger partial charge in [-0.15, -0.1) is 0 Å². The minimum Gasteiger partial charge on any atom is -0.493 e. The lowest BCUT2D eigenvalue weighted by molar-refractivity contribution is -0.113. The molecule has 6 heteroatoms. The summed E-state index contributed by atoms with van der Waals surface area (Å²) in [5.41, 5.74) is 0.439. The molecule has 1 amide bonds. The lowest BCUT2D eigenvalue weighted by Gasteiger charge is -2.11. The molecule has 0 atom stereocenters. The third-order valence-electron chi connectivity index (χ3n) is 1.63. The third kappa shape index (κ3) is 3.19. The maximum atomic E-state index is 11.1. The fraction of sp³-hybridized carbons (Fsp3) is 0.222. The van der Waals surface area contributed by atoms with Crippen LogP contribution in [0.15, 0.2) is 12.1 Å². The molecule has 15 heavy (non-hydrogen) atoms. The SMILES string of the molecule is COc1c(Cl)cc(Cl)cc1NC(=O)CS. The third-order valence-corrected chi connectivity index (χ3v) is 2.42.